The summed E-state index contributed by atoms with van der Waals surface area (Å²) in [4.78, 5) is 26.0. The largest absolute Gasteiger partial charge is 0.458 e. The third-order valence-electron chi connectivity index (χ3n) is 4.88. The van der Waals surface area contributed by atoms with Crippen LogP contribution in [0.4, 0.5) is 0 Å². The number of hydrogen-bond donors (Lipinski definition) is 1. The second-order valence-electron chi connectivity index (χ2n) is 6.87. The number of halogens is 1. The third-order valence-corrected chi connectivity index (χ3v) is 5.37. The zero-order valence-electron chi connectivity index (χ0n) is 15.9. The summed E-state index contributed by atoms with van der Waals surface area (Å²) in [7, 11) is 0. The Labute approximate surface area is 179 Å². The van der Waals surface area contributed by atoms with E-state index in [0.717, 1.165) is 10.0 Å². The lowest BCUT2D eigenvalue weighted by atomic mass is 9.99. The second-order valence-corrected chi connectivity index (χ2v) is 7.79. The highest BCUT2D eigenvalue weighted by Gasteiger charge is 2.22. The van der Waals surface area contributed by atoms with Crippen molar-refractivity contribution in [1.82, 2.24) is 19.6 Å². The van der Waals surface area contributed by atoms with Gasteiger partial charge in [-0.2, -0.15) is 0 Å². The van der Waals surface area contributed by atoms with Gasteiger partial charge >= 0.3 is 0 Å². The highest BCUT2D eigenvalue weighted by Crippen LogP contribution is 2.30. The van der Waals surface area contributed by atoms with Gasteiger partial charge in [0.15, 0.2) is 5.65 Å². The van der Waals surface area contributed by atoms with Gasteiger partial charge in [-0.1, -0.05) is 46.3 Å². The Morgan fingerprint density at radius 2 is 1.97 bits per heavy atom. The second kappa shape index (κ2) is 7.38. The number of nitrogens with one attached hydrogen (secondary N) is 1. The van der Waals surface area contributed by atoms with Crippen molar-refractivity contribution in [1.29, 1.82) is 0 Å². The molecule has 2 aromatic carbocycles. The summed E-state index contributed by atoms with van der Waals surface area (Å²) >= 11 is 3.44. The zero-order valence-corrected chi connectivity index (χ0v) is 17.5. The average molecular weight is 462 g/mol. The maximum Gasteiger partial charge on any atom is 0.200 e. The smallest absolute Gasteiger partial charge is 0.200 e. The molecule has 0 amide bonds. The molecule has 0 spiro atoms. The van der Waals surface area contributed by atoms with E-state index in [-0.39, 0.29) is 11.5 Å². The van der Waals surface area contributed by atoms with Gasteiger partial charge in [0.25, 0.3) is 0 Å². The lowest BCUT2D eigenvalue weighted by Crippen LogP contribution is -2.21. The molecule has 0 radical (unpaired) electrons. The fourth-order valence-electron chi connectivity index (χ4n) is 3.50. The highest BCUT2D eigenvalue weighted by molar-refractivity contribution is 9.10. The number of hydrogen-bond acceptors (Lipinski definition) is 6. The Morgan fingerprint density at radius 3 is 2.80 bits per heavy atom. The van der Waals surface area contributed by atoms with Crippen LogP contribution >= 0.6 is 15.9 Å². The van der Waals surface area contributed by atoms with Crippen molar-refractivity contribution < 1.29 is 4.42 Å². The van der Waals surface area contributed by atoms with Gasteiger partial charge in [0, 0.05) is 4.47 Å². The molecule has 5 aromatic rings. The molecular formula is C22H16BrN5O2. The fourth-order valence-corrected chi connectivity index (χ4v) is 3.86. The van der Waals surface area contributed by atoms with Gasteiger partial charge in [0.1, 0.15) is 29.5 Å². The molecule has 148 valence electrons. The minimum absolute atomic E-state index is 0.0785. The van der Waals surface area contributed by atoms with E-state index in [4.69, 9.17) is 4.42 Å². The Hall–Kier alpha value is -3.52. The van der Waals surface area contributed by atoms with Gasteiger partial charge in [0.05, 0.1) is 23.2 Å². The van der Waals surface area contributed by atoms with Crippen molar-refractivity contribution in [3.8, 4) is 11.1 Å². The lowest BCUT2D eigenvalue weighted by molar-refractivity contribution is 0.500. The molecule has 5 rings (SSSR count). The van der Waals surface area contributed by atoms with Crippen LogP contribution in [0.3, 0.4) is 0 Å². The number of aromatic nitrogens is 4. The summed E-state index contributed by atoms with van der Waals surface area (Å²) in [5.74, 6) is 0.539. The quantitative estimate of drug-likeness (QED) is 0.418. The SMILES string of the molecule is C[C@H](Nn1cnc2cncnc21)c1oc2ccc(Br)cc2c(=O)c1-c1ccccc1. The predicted molar refractivity (Wildman–Crippen MR) is 119 cm³/mol. The van der Waals surface area contributed by atoms with Gasteiger partial charge in [-0.05, 0) is 30.7 Å². The first-order chi connectivity index (χ1) is 14.6. The Balaban J connectivity index is 1.69. The van der Waals surface area contributed by atoms with E-state index in [1.165, 1.54) is 6.33 Å². The van der Waals surface area contributed by atoms with Gasteiger partial charge in [-0.3, -0.25) is 4.79 Å². The van der Waals surface area contributed by atoms with Crippen LogP contribution in [0.25, 0.3) is 33.3 Å². The van der Waals surface area contributed by atoms with E-state index < -0.39 is 0 Å². The molecule has 8 heteroatoms. The number of rotatable bonds is 4. The summed E-state index contributed by atoms with van der Waals surface area (Å²) < 4.78 is 8.79. The lowest BCUT2D eigenvalue weighted by Gasteiger charge is -2.19. The zero-order chi connectivity index (χ0) is 20.7. The molecule has 0 unspecified atom stereocenters. The topological polar surface area (TPSA) is 85.8 Å². The first-order valence-corrected chi connectivity index (χ1v) is 10.1. The molecule has 30 heavy (non-hydrogen) atoms. The summed E-state index contributed by atoms with van der Waals surface area (Å²) in [5, 5.41) is 0.528. The number of benzene rings is 2. The summed E-state index contributed by atoms with van der Waals surface area (Å²) in [5.41, 5.74) is 6.41. The van der Waals surface area contributed by atoms with Crippen LogP contribution in [-0.2, 0) is 0 Å². The number of nitrogens with zero attached hydrogens (tertiary/aromatic N) is 4. The molecular weight excluding hydrogens is 446 g/mol. The molecule has 3 heterocycles. The van der Waals surface area contributed by atoms with Gasteiger partial charge in [-0.15, -0.1) is 0 Å². The normalized spacial score (nSPS) is 12.3. The summed E-state index contributed by atoms with van der Waals surface area (Å²) in [6, 6.07) is 14.6. The van der Waals surface area contributed by atoms with Crippen LogP contribution in [0.2, 0.25) is 0 Å². The maximum atomic E-state index is 13.5. The molecule has 7 nitrogen and oxygen atoms in total. The molecule has 3 aromatic heterocycles. The van der Waals surface area contributed by atoms with Gasteiger partial charge < -0.3 is 9.84 Å². The predicted octanol–water partition coefficient (Wildman–Crippen LogP) is 4.67. The van der Waals surface area contributed by atoms with Crippen LogP contribution in [0.5, 0.6) is 0 Å². The number of fused-ring (bicyclic) bond motifs is 2. The molecule has 1 atom stereocenters. The molecule has 0 fully saturated rings. The standard InChI is InChI=1S/C22H16BrN5O2/c1-13(27-28-12-26-17-10-24-11-25-22(17)28)21-19(14-5-3-2-4-6-14)20(29)16-9-15(23)7-8-18(16)30-21/h2-13,27H,1H3/t13-/m0/s1. The maximum absolute atomic E-state index is 13.5. The monoisotopic (exact) mass is 461 g/mol. The fraction of sp³-hybridized carbons (Fsp3) is 0.0909. The minimum atomic E-state index is -0.340. The molecule has 1 N–H and O–H groups in total. The Kier molecular flexibility index (Phi) is 4.55. The molecule has 0 saturated heterocycles. The third kappa shape index (κ3) is 3.15. The molecule has 0 saturated carbocycles. The van der Waals surface area contributed by atoms with Crippen molar-refractivity contribution in [2.24, 2.45) is 0 Å². The molecule has 0 aliphatic carbocycles. The van der Waals surface area contributed by atoms with E-state index in [9.17, 15) is 4.79 Å². The van der Waals surface area contributed by atoms with Crippen LogP contribution in [0.1, 0.15) is 18.7 Å². The number of imidazole rings is 1. The van der Waals surface area contributed by atoms with Gasteiger partial charge in [-0.25, -0.2) is 19.6 Å². The van der Waals surface area contributed by atoms with Crippen molar-refractivity contribution >= 4 is 38.1 Å². The highest BCUT2D eigenvalue weighted by atomic mass is 79.9. The van der Waals surface area contributed by atoms with Crippen LogP contribution in [0, 0.1) is 0 Å². The first kappa shape index (κ1) is 18.5. The van der Waals surface area contributed by atoms with Crippen molar-refractivity contribution in [2.75, 3.05) is 5.43 Å². The minimum Gasteiger partial charge on any atom is -0.458 e. The Morgan fingerprint density at radius 1 is 1.13 bits per heavy atom. The molecule has 0 aliphatic rings. The van der Waals surface area contributed by atoms with E-state index in [0.29, 0.717) is 33.5 Å². The average Bonchev–Trinajstić information content (AvgIpc) is 3.17. The van der Waals surface area contributed by atoms with Crippen molar-refractivity contribution in [2.45, 2.75) is 13.0 Å². The first-order valence-electron chi connectivity index (χ1n) is 9.33. The van der Waals surface area contributed by atoms with E-state index in [2.05, 4.69) is 36.3 Å². The van der Waals surface area contributed by atoms with Crippen LogP contribution in [0.15, 0.2) is 81.1 Å². The summed E-state index contributed by atoms with van der Waals surface area (Å²) in [6.07, 6.45) is 4.75. The van der Waals surface area contributed by atoms with Crippen LogP contribution in [-0.4, -0.2) is 19.6 Å². The molecule has 0 aliphatic heterocycles. The van der Waals surface area contributed by atoms with Crippen LogP contribution < -0.4 is 10.9 Å². The van der Waals surface area contributed by atoms with Crippen molar-refractivity contribution in [3.05, 3.63) is 87.8 Å². The van der Waals surface area contributed by atoms with E-state index in [1.54, 1.807) is 29.3 Å². The van der Waals surface area contributed by atoms with E-state index >= 15 is 0 Å². The van der Waals surface area contributed by atoms with Gasteiger partial charge in [0.2, 0.25) is 5.43 Å². The van der Waals surface area contributed by atoms with E-state index in [1.807, 2.05) is 43.3 Å². The summed E-state index contributed by atoms with van der Waals surface area (Å²) in [6.45, 7) is 1.93. The Bertz CT molecular complexity index is 1430. The van der Waals surface area contributed by atoms with Crippen molar-refractivity contribution in [3.63, 3.8) is 0 Å². The molecule has 0 bridgehead atoms.